The minimum atomic E-state index is -0.322. The van der Waals surface area contributed by atoms with Gasteiger partial charge in [0, 0.05) is 24.1 Å². The molecule has 1 unspecified atom stereocenters. The Kier molecular flexibility index (Phi) is 3.87. The van der Waals surface area contributed by atoms with E-state index in [2.05, 4.69) is 15.9 Å². The lowest BCUT2D eigenvalue weighted by Gasteiger charge is -2.30. The van der Waals surface area contributed by atoms with Gasteiger partial charge in [-0.1, -0.05) is 12.1 Å². The van der Waals surface area contributed by atoms with Crippen molar-refractivity contribution < 1.29 is 13.9 Å². The molecular formula is C16H15BrFNO2. The fourth-order valence-corrected chi connectivity index (χ4v) is 3.12. The predicted octanol–water partition coefficient (Wildman–Crippen LogP) is 4.12. The first-order valence-electron chi connectivity index (χ1n) is 6.63. The smallest absolute Gasteiger partial charge is 0.133 e. The van der Waals surface area contributed by atoms with Gasteiger partial charge in [-0.25, -0.2) is 4.39 Å². The molecule has 0 fully saturated rings. The summed E-state index contributed by atoms with van der Waals surface area (Å²) in [6.45, 7) is 0. The van der Waals surface area contributed by atoms with Crippen LogP contribution in [0.4, 0.5) is 4.39 Å². The molecule has 21 heavy (non-hydrogen) atoms. The maximum atomic E-state index is 13.4. The van der Waals surface area contributed by atoms with Crippen molar-refractivity contribution in [3.05, 3.63) is 57.8 Å². The summed E-state index contributed by atoms with van der Waals surface area (Å²) in [6.07, 6.45) is 0.453. The standard InChI is InChI=1S/C16H15BrFNO2/c1-20-14-5-2-9(6-12(14)17)15-8-13(19)11-4-3-10(18)7-16(11)21-15/h2-7,13,15H,8,19H2,1H3/t13-,15?/m1/s1. The molecular weight excluding hydrogens is 337 g/mol. The highest BCUT2D eigenvalue weighted by Gasteiger charge is 2.27. The van der Waals surface area contributed by atoms with E-state index < -0.39 is 0 Å². The second-order valence-electron chi connectivity index (χ2n) is 5.02. The highest BCUT2D eigenvalue weighted by atomic mass is 79.9. The van der Waals surface area contributed by atoms with Gasteiger partial charge < -0.3 is 15.2 Å². The number of hydrogen-bond acceptors (Lipinski definition) is 3. The van der Waals surface area contributed by atoms with Crippen LogP contribution in [-0.2, 0) is 0 Å². The fourth-order valence-electron chi connectivity index (χ4n) is 2.56. The first-order chi connectivity index (χ1) is 10.1. The highest BCUT2D eigenvalue weighted by molar-refractivity contribution is 9.10. The Bertz CT molecular complexity index is 677. The number of ether oxygens (including phenoxy) is 2. The molecule has 110 valence electrons. The Morgan fingerprint density at radius 3 is 2.81 bits per heavy atom. The van der Waals surface area contributed by atoms with Crippen molar-refractivity contribution in [2.24, 2.45) is 5.73 Å². The van der Waals surface area contributed by atoms with E-state index in [0.717, 1.165) is 21.3 Å². The fraction of sp³-hybridized carbons (Fsp3) is 0.250. The van der Waals surface area contributed by atoms with Crippen LogP contribution in [0.5, 0.6) is 11.5 Å². The van der Waals surface area contributed by atoms with E-state index in [1.807, 2.05) is 18.2 Å². The molecule has 0 spiro atoms. The lowest BCUT2D eigenvalue weighted by Crippen LogP contribution is -2.24. The third-order valence-electron chi connectivity index (χ3n) is 3.66. The molecule has 3 nitrogen and oxygen atoms in total. The Labute approximate surface area is 131 Å². The number of rotatable bonds is 2. The Hall–Kier alpha value is -1.59. The summed E-state index contributed by atoms with van der Waals surface area (Å²) in [4.78, 5) is 0. The molecule has 2 aromatic carbocycles. The summed E-state index contributed by atoms with van der Waals surface area (Å²) in [5.74, 6) is 0.952. The van der Waals surface area contributed by atoms with Crippen LogP contribution in [0.15, 0.2) is 40.9 Å². The van der Waals surface area contributed by atoms with Crippen LogP contribution in [0.25, 0.3) is 0 Å². The second-order valence-corrected chi connectivity index (χ2v) is 5.88. The predicted molar refractivity (Wildman–Crippen MR) is 82.0 cm³/mol. The quantitative estimate of drug-likeness (QED) is 0.884. The number of fused-ring (bicyclic) bond motifs is 1. The summed E-state index contributed by atoms with van der Waals surface area (Å²) in [6, 6.07) is 10.1. The van der Waals surface area contributed by atoms with Crippen LogP contribution in [0.3, 0.4) is 0 Å². The number of nitrogens with two attached hydrogens (primary N) is 1. The molecule has 0 saturated carbocycles. The van der Waals surface area contributed by atoms with E-state index in [-0.39, 0.29) is 18.0 Å². The summed E-state index contributed by atoms with van der Waals surface area (Å²) >= 11 is 3.46. The van der Waals surface area contributed by atoms with Crippen molar-refractivity contribution in [1.29, 1.82) is 0 Å². The molecule has 2 atom stereocenters. The van der Waals surface area contributed by atoms with E-state index in [1.54, 1.807) is 13.2 Å². The van der Waals surface area contributed by atoms with Crippen LogP contribution >= 0.6 is 15.9 Å². The summed E-state index contributed by atoms with van der Waals surface area (Å²) in [7, 11) is 1.62. The van der Waals surface area contributed by atoms with E-state index in [0.29, 0.717) is 12.2 Å². The van der Waals surface area contributed by atoms with E-state index in [9.17, 15) is 4.39 Å². The molecule has 0 bridgehead atoms. The van der Waals surface area contributed by atoms with Gasteiger partial charge in [-0.2, -0.15) is 0 Å². The zero-order valence-corrected chi connectivity index (χ0v) is 13.1. The van der Waals surface area contributed by atoms with Crippen molar-refractivity contribution in [3.63, 3.8) is 0 Å². The van der Waals surface area contributed by atoms with Gasteiger partial charge in [0.15, 0.2) is 0 Å². The van der Waals surface area contributed by atoms with Crippen LogP contribution in [0.1, 0.15) is 29.7 Å². The highest BCUT2D eigenvalue weighted by Crippen LogP contribution is 2.41. The first-order valence-corrected chi connectivity index (χ1v) is 7.43. The molecule has 2 N–H and O–H groups in total. The van der Waals surface area contributed by atoms with Gasteiger partial charge >= 0.3 is 0 Å². The van der Waals surface area contributed by atoms with Crippen LogP contribution in [0, 0.1) is 5.82 Å². The molecule has 1 aliphatic rings. The third-order valence-corrected chi connectivity index (χ3v) is 4.28. The van der Waals surface area contributed by atoms with Gasteiger partial charge in [0.05, 0.1) is 11.6 Å². The Morgan fingerprint density at radius 1 is 1.29 bits per heavy atom. The molecule has 0 aromatic heterocycles. The lowest BCUT2D eigenvalue weighted by atomic mass is 9.93. The molecule has 1 aliphatic heterocycles. The number of methoxy groups -OCH3 is 1. The number of hydrogen-bond donors (Lipinski definition) is 1. The number of benzene rings is 2. The van der Waals surface area contributed by atoms with Crippen LogP contribution < -0.4 is 15.2 Å². The Balaban J connectivity index is 1.93. The van der Waals surface area contributed by atoms with E-state index in [4.69, 9.17) is 15.2 Å². The zero-order valence-electron chi connectivity index (χ0n) is 11.5. The van der Waals surface area contributed by atoms with Gasteiger partial charge in [0.2, 0.25) is 0 Å². The average Bonchev–Trinajstić information content (AvgIpc) is 2.46. The molecule has 5 heteroatoms. The minimum Gasteiger partial charge on any atom is -0.496 e. The summed E-state index contributed by atoms with van der Waals surface area (Å²) < 4.78 is 25.4. The third kappa shape index (κ3) is 2.76. The number of halogens is 2. The van der Waals surface area contributed by atoms with Gasteiger partial charge in [-0.3, -0.25) is 0 Å². The molecule has 0 radical (unpaired) electrons. The van der Waals surface area contributed by atoms with E-state index in [1.165, 1.54) is 12.1 Å². The minimum absolute atomic E-state index is 0.166. The molecule has 0 aliphatic carbocycles. The summed E-state index contributed by atoms with van der Waals surface area (Å²) in [5, 5.41) is 0. The second kappa shape index (κ2) is 5.66. The largest absolute Gasteiger partial charge is 0.496 e. The maximum absolute atomic E-state index is 13.4. The molecule has 3 rings (SSSR count). The monoisotopic (exact) mass is 351 g/mol. The first kappa shape index (κ1) is 14.4. The topological polar surface area (TPSA) is 44.5 Å². The van der Waals surface area contributed by atoms with Gasteiger partial charge in [-0.15, -0.1) is 0 Å². The molecule has 1 heterocycles. The van der Waals surface area contributed by atoms with Crippen molar-refractivity contribution in [1.82, 2.24) is 0 Å². The van der Waals surface area contributed by atoms with Gasteiger partial charge in [-0.05, 0) is 39.7 Å². The van der Waals surface area contributed by atoms with Crippen molar-refractivity contribution in [3.8, 4) is 11.5 Å². The molecule has 0 amide bonds. The zero-order chi connectivity index (χ0) is 15.0. The van der Waals surface area contributed by atoms with Crippen molar-refractivity contribution >= 4 is 15.9 Å². The van der Waals surface area contributed by atoms with Gasteiger partial charge in [0.25, 0.3) is 0 Å². The normalized spacial score (nSPS) is 20.6. The summed E-state index contributed by atoms with van der Waals surface area (Å²) in [5.41, 5.74) is 8.01. The van der Waals surface area contributed by atoms with Gasteiger partial charge in [0.1, 0.15) is 23.4 Å². The molecule has 0 saturated heterocycles. The van der Waals surface area contributed by atoms with Crippen molar-refractivity contribution in [2.75, 3.05) is 7.11 Å². The van der Waals surface area contributed by atoms with Crippen LogP contribution in [0.2, 0.25) is 0 Å². The SMILES string of the molecule is COc1ccc(C2C[C@@H](N)c3ccc(F)cc3O2)cc1Br. The lowest BCUT2D eigenvalue weighted by molar-refractivity contribution is 0.160. The average molecular weight is 352 g/mol. The van der Waals surface area contributed by atoms with Crippen molar-refractivity contribution in [2.45, 2.75) is 18.6 Å². The van der Waals surface area contributed by atoms with Crippen LogP contribution in [-0.4, -0.2) is 7.11 Å². The Morgan fingerprint density at radius 2 is 2.10 bits per heavy atom. The maximum Gasteiger partial charge on any atom is 0.133 e. The van der Waals surface area contributed by atoms with E-state index >= 15 is 0 Å². The molecule has 2 aromatic rings.